The first kappa shape index (κ1) is 13.6. The van der Waals surface area contributed by atoms with Crippen LogP contribution in [0.4, 0.5) is 0 Å². The second-order valence-corrected chi connectivity index (χ2v) is 6.21. The second kappa shape index (κ2) is 5.41. The van der Waals surface area contributed by atoms with Crippen molar-refractivity contribution in [3.05, 3.63) is 33.1 Å². The van der Waals surface area contributed by atoms with Crippen molar-refractivity contribution in [1.82, 2.24) is 0 Å². The summed E-state index contributed by atoms with van der Waals surface area (Å²) >= 11 is 5.05. The van der Waals surface area contributed by atoms with Crippen molar-refractivity contribution < 1.29 is 9.53 Å². The maximum Gasteiger partial charge on any atom is 0.348 e. The van der Waals surface area contributed by atoms with Gasteiger partial charge in [-0.2, -0.15) is 0 Å². The van der Waals surface area contributed by atoms with Gasteiger partial charge in [-0.15, -0.1) is 11.3 Å². The van der Waals surface area contributed by atoms with E-state index in [1.54, 1.807) is 0 Å². The largest absolute Gasteiger partial charge is 0.462 e. The molecule has 0 bridgehead atoms. The molecule has 18 heavy (non-hydrogen) atoms. The van der Waals surface area contributed by atoms with Crippen molar-refractivity contribution in [1.29, 1.82) is 0 Å². The molecule has 0 amide bonds. The van der Waals surface area contributed by atoms with Crippen LogP contribution in [0.15, 0.2) is 22.7 Å². The molecule has 0 aliphatic rings. The summed E-state index contributed by atoms with van der Waals surface area (Å²) in [5.41, 5.74) is 1.09. The maximum absolute atomic E-state index is 12.0. The van der Waals surface area contributed by atoms with Gasteiger partial charge in [0.2, 0.25) is 0 Å². The van der Waals surface area contributed by atoms with E-state index in [1.807, 2.05) is 19.1 Å². The van der Waals surface area contributed by atoms with Crippen LogP contribution < -0.4 is 0 Å². The fourth-order valence-electron chi connectivity index (χ4n) is 2.03. The van der Waals surface area contributed by atoms with Gasteiger partial charge in [0.25, 0.3) is 0 Å². The Balaban J connectivity index is 2.69. The van der Waals surface area contributed by atoms with Crippen molar-refractivity contribution in [2.75, 3.05) is 6.61 Å². The number of esters is 1. The zero-order chi connectivity index (χ0) is 13.3. The summed E-state index contributed by atoms with van der Waals surface area (Å²) in [5.74, 6) is 0.0850. The van der Waals surface area contributed by atoms with Crippen molar-refractivity contribution in [3.63, 3.8) is 0 Å². The minimum atomic E-state index is -0.214. The number of fused-ring (bicyclic) bond motifs is 1. The normalized spacial score (nSPS) is 11.2. The smallest absolute Gasteiger partial charge is 0.348 e. The molecule has 0 fully saturated rings. The van der Waals surface area contributed by atoms with Gasteiger partial charge in [-0.05, 0) is 45.8 Å². The highest BCUT2D eigenvalue weighted by atomic mass is 79.9. The quantitative estimate of drug-likeness (QED) is 0.745. The van der Waals surface area contributed by atoms with E-state index in [2.05, 4.69) is 35.8 Å². The third kappa shape index (κ3) is 2.31. The lowest BCUT2D eigenvalue weighted by Gasteiger charge is -2.07. The van der Waals surface area contributed by atoms with Crippen LogP contribution in [0.1, 0.15) is 41.9 Å². The lowest BCUT2D eigenvalue weighted by molar-refractivity contribution is 0.0530. The lowest BCUT2D eigenvalue weighted by Crippen LogP contribution is -2.05. The van der Waals surface area contributed by atoms with Crippen molar-refractivity contribution >= 4 is 43.3 Å². The van der Waals surface area contributed by atoms with Gasteiger partial charge >= 0.3 is 5.97 Å². The van der Waals surface area contributed by atoms with Crippen LogP contribution in [-0.4, -0.2) is 12.6 Å². The Kier molecular flexibility index (Phi) is 4.07. The second-order valence-electron chi connectivity index (χ2n) is 4.34. The van der Waals surface area contributed by atoms with Gasteiger partial charge in [-0.25, -0.2) is 4.79 Å². The van der Waals surface area contributed by atoms with Crippen molar-refractivity contribution in [3.8, 4) is 0 Å². The average molecular weight is 327 g/mol. The van der Waals surface area contributed by atoms with Gasteiger partial charge in [-0.3, -0.25) is 0 Å². The molecule has 0 aliphatic carbocycles. The van der Waals surface area contributed by atoms with Crippen LogP contribution in [-0.2, 0) is 4.74 Å². The molecule has 1 heterocycles. The van der Waals surface area contributed by atoms with Gasteiger partial charge in [-0.1, -0.05) is 26.0 Å². The maximum atomic E-state index is 12.0. The third-order valence-electron chi connectivity index (χ3n) is 2.74. The first-order chi connectivity index (χ1) is 8.56. The van der Waals surface area contributed by atoms with E-state index in [1.165, 1.54) is 11.3 Å². The van der Waals surface area contributed by atoms with E-state index in [4.69, 9.17) is 4.74 Å². The summed E-state index contributed by atoms with van der Waals surface area (Å²) in [7, 11) is 0. The summed E-state index contributed by atoms with van der Waals surface area (Å²) in [6.45, 7) is 6.44. The molecule has 4 heteroatoms. The van der Waals surface area contributed by atoms with E-state index in [0.29, 0.717) is 12.5 Å². The molecular weight excluding hydrogens is 312 g/mol. The topological polar surface area (TPSA) is 26.3 Å². The zero-order valence-electron chi connectivity index (χ0n) is 10.6. The molecule has 1 aromatic heterocycles. The van der Waals surface area contributed by atoms with Crippen LogP contribution in [0.2, 0.25) is 0 Å². The molecule has 0 unspecified atom stereocenters. The zero-order valence-corrected chi connectivity index (χ0v) is 13.0. The Bertz CT molecular complexity index is 587. The predicted octanol–water partition coefficient (Wildman–Crippen LogP) is 4.96. The van der Waals surface area contributed by atoms with Crippen LogP contribution >= 0.6 is 27.3 Å². The molecule has 1 aromatic carbocycles. The van der Waals surface area contributed by atoms with Crippen LogP contribution in [0, 0.1) is 0 Å². The number of carbonyl (C=O) groups is 1. The van der Waals surface area contributed by atoms with E-state index in [-0.39, 0.29) is 5.97 Å². The van der Waals surface area contributed by atoms with Crippen LogP contribution in [0.25, 0.3) is 10.1 Å². The SMILES string of the molecule is CCOC(=O)c1sc2c(Br)cccc2c1C(C)C. The number of benzene rings is 1. The summed E-state index contributed by atoms with van der Waals surface area (Å²) in [4.78, 5) is 12.8. The van der Waals surface area contributed by atoms with Crippen LogP contribution in [0.5, 0.6) is 0 Å². The number of carbonyl (C=O) groups excluding carboxylic acids is 1. The molecular formula is C14H15BrO2S. The van der Waals surface area contributed by atoms with Gasteiger partial charge in [0, 0.05) is 9.17 Å². The summed E-state index contributed by atoms with van der Waals surface area (Å²) in [5, 5.41) is 1.15. The Morgan fingerprint density at radius 2 is 2.17 bits per heavy atom. The fraction of sp³-hybridized carbons (Fsp3) is 0.357. The van der Waals surface area contributed by atoms with Gasteiger partial charge in [0.1, 0.15) is 4.88 Å². The number of hydrogen-bond donors (Lipinski definition) is 0. The van der Waals surface area contributed by atoms with Gasteiger partial charge in [0.15, 0.2) is 0 Å². The minimum Gasteiger partial charge on any atom is -0.462 e. The first-order valence-corrected chi connectivity index (χ1v) is 7.55. The molecule has 0 radical (unpaired) electrons. The van der Waals surface area contributed by atoms with E-state index in [9.17, 15) is 4.79 Å². The number of rotatable bonds is 3. The molecule has 0 aliphatic heterocycles. The minimum absolute atomic E-state index is 0.214. The fourth-order valence-corrected chi connectivity index (χ4v) is 3.89. The van der Waals surface area contributed by atoms with Crippen LogP contribution in [0.3, 0.4) is 0 Å². The predicted molar refractivity (Wildman–Crippen MR) is 79.6 cm³/mol. The highest BCUT2D eigenvalue weighted by molar-refractivity contribution is 9.10. The summed E-state index contributed by atoms with van der Waals surface area (Å²) in [6.07, 6.45) is 0. The van der Waals surface area contributed by atoms with E-state index < -0.39 is 0 Å². The highest BCUT2D eigenvalue weighted by Gasteiger charge is 2.22. The number of halogens is 1. The van der Waals surface area contributed by atoms with Crippen molar-refractivity contribution in [2.24, 2.45) is 0 Å². The lowest BCUT2D eigenvalue weighted by atomic mass is 9.99. The monoisotopic (exact) mass is 326 g/mol. The first-order valence-electron chi connectivity index (χ1n) is 5.94. The van der Waals surface area contributed by atoms with E-state index >= 15 is 0 Å². The summed E-state index contributed by atoms with van der Waals surface area (Å²) in [6, 6.07) is 6.06. The molecule has 2 aromatic rings. The average Bonchev–Trinajstić information content (AvgIpc) is 2.70. The standard InChI is InChI=1S/C14H15BrO2S/c1-4-17-14(16)13-11(8(2)3)9-6-5-7-10(15)12(9)18-13/h5-8H,4H2,1-3H3. The summed E-state index contributed by atoms with van der Waals surface area (Å²) < 4.78 is 7.29. The number of hydrogen-bond acceptors (Lipinski definition) is 3. The molecule has 96 valence electrons. The Morgan fingerprint density at radius 1 is 1.44 bits per heavy atom. The molecule has 0 saturated carbocycles. The Labute approximate surface area is 119 Å². The van der Waals surface area contributed by atoms with Crippen molar-refractivity contribution in [2.45, 2.75) is 26.7 Å². The van der Waals surface area contributed by atoms with E-state index in [0.717, 1.165) is 25.0 Å². The third-order valence-corrected chi connectivity index (χ3v) is 4.90. The number of thiophene rings is 1. The molecule has 0 atom stereocenters. The number of ether oxygens (including phenoxy) is 1. The van der Waals surface area contributed by atoms with Gasteiger partial charge in [0.05, 0.1) is 6.61 Å². The Morgan fingerprint density at radius 3 is 2.78 bits per heavy atom. The van der Waals surface area contributed by atoms with Gasteiger partial charge < -0.3 is 4.74 Å². The molecule has 0 N–H and O–H groups in total. The molecule has 2 nitrogen and oxygen atoms in total. The Hall–Kier alpha value is -0.870. The molecule has 0 saturated heterocycles. The highest BCUT2D eigenvalue weighted by Crippen LogP contribution is 2.39. The molecule has 2 rings (SSSR count). The molecule has 0 spiro atoms.